The van der Waals surface area contributed by atoms with Gasteiger partial charge in [0.2, 0.25) is 0 Å². The van der Waals surface area contributed by atoms with Crippen LogP contribution in [0.15, 0.2) is 18.2 Å². The Hall–Kier alpha value is -0.420. The van der Waals surface area contributed by atoms with Crippen molar-refractivity contribution in [1.82, 2.24) is 0 Å². The van der Waals surface area contributed by atoms with Crippen LogP contribution in [0.4, 0.5) is 0 Å². The van der Waals surface area contributed by atoms with Gasteiger partial charge in [0.05, 0.1) is 0 Å². The van der Waals surface area contributed by atoms with Gasteiger partial charge in [0.15, 0.2) is 0 Å². The fraction of sp³-hybridized carbons (Fsp3) is 0.600. The van der Waals surface area contributed by atoms with Gasteiger partial charge >= 0.3 is 23.1 Å². The minimum Gasteiger partial charge on any atom is -1.00 e. The van der Waals surface area contributed by atoms with E-state index in [0.717, 1.165) is 17.1 Å². The van der Waals surface area contributed by atoms with E-state index in [4.69, 9.17) is 15.3 Å². The van der Waals surface area contributed by atoms with Crippen LogP contribution in [-0.2, 0) is 0 Å². The van der Waals surface area contributed by atoms with Crippen molar-refractivity contribution in [3.8, 4) is 23.8 Å². The van der Waals surface area contributed by atoms with Crippen LogP contribution in [-0.4, -0.2) is 39.7 Å². The zero-order valence-corrected chi connectivity index (χ0v) is 21.2. The Kier molecular flexibility index (Phi) is 7.94. The summed E-state index contributed by atoms with van der Waals surface area (Å²) in [7, 11) is -3.91. The Bertz CT molecular complexity index is 643. The summed E-state index contributed by atoms with van der Waals surface area (Å²) < 4.78 is 13.1. The van der Waals surface area contributed by atoms with Gasteiger partial charge in [-0.25, -0.2) is 0 Å². The van der Waals surface area contributed by atoms with Crippen LogP contribution in [0.25, 0.3) is 0 Å². The zero-order valence-electron chi connectivity index (χ0n) is 19.8. The molecule has 1 rings (SSSR count). The van der Waals surface area contributed by atoms with Crippen molar-refractivity contribution in [2.24, 2.45) is 0 Å². The third-order valence-electron chi connectivity index (χ3n) is 5.45. The summed E-state index contributed by atoms with van der Waals surface area (Å²) >= 11 is 0. The van der Waals surface area contributed by atoms with Crippen LogP contribution in [0.5, 0.6) is 11.5 Å². The summed E-state index contributed by atoms with van der Waals surface area (Å²) in [5, 5.41) is 0.249. The SMILES string of the molecule is C#Cc1ccc(O[Si](C)(C)C(C)(C)C)c(O[Si](C)(C)C(C)(C)C)c1.[H-].[H-].[Mg+2]. The second-order valence-corrected chi connectivity index (χ2v) is 19.0. The average Bonchev–Trinajstić information content (AvgIpc) is 2.37. The molecule has 0 aliphatic rings. The van der Waals surface area contributed by atoms with Crippen LogP contribution in [0.3, 0.4) is 0 Å². The molecule has 0 aromatic heterocycles. The predicted octanol–water partition coefficient (Wildman–Crippen LogP) is 6.28. The average molecular weight is 389 g/mol. The molecule has 2 nitrogen and oxygen atoms in total. The van der Waals surface area contributed by atoms with E-state index in [1.807, 2.05) is 18.2 Å². The van der Waals surface area contributed by atoms with Crippen molar-refractivity contribution in [1.29, 1.82) is 0 Å². The monoisotopic (exact) mass is 388 g/mol. The molecule has 0 saturated carbocycles. The third kappa shape index (κ3) is 6.06. The number of benzene rings is 1. The van der Waals surface area contributed by atoms with Crippen LogP contribution < -0.4 is 8.85 Å². The molecule has 0 amide bonds. The van der Waals surface area contributed by atoms with E-state index in [1.54, 1.807) is 0 Å². The molecule has 0 bridgehead atoms. The summed E-state index contributed by atoms with van der Waals surface area (Å²) in [6, 6.07) is 5.85. The molecule has 0 aliphatic heterocycles. The number of hydrogen-bond donors (Lipinski definition) is 0. The molecule has 0 radical (unpaired) electrons. The van der Waals surface area contributed by atoms with Gasteiger partial charge in [-0.2, -0.15) is 0 Å². The van der Waals surface area contributed by atoms with Gasteiger partial charge in [-0.3, -0.25) is 0 Å². The smallest absolute Gasteiger partial charge is 1.00 e. The molecule has 1 aromatic carbocycles. The van der Waals surface area contributed by atoms with Crippen molar-refractivity contribution in [3.63, 3.8) is 0 Å². The molecule has 5 heteroatoms. The molecule has 1 aromatic rings. The Labute approximate surface area is 176 Å². The summed E-state index contributed by atoms with van der Waals surface area (Å²) in [6.07, 6.45) is 5.59. The van der Waals surface area contributed by atoms with Gasteiger partial charge in [-0.05, 0) is 54.5 Å². The summed E-state index contributed by atoms with van der Waals surface area (Å²) in [5.74, 6) is 4.32. The van der Waals surface area contributed by atoms with E-state index in [0.29, 0.717) is 0 Å². The Morgan fingerprint density at radius 2 is 1.24 bits per heavy atom. The van der Waals surface area contributed by atoms with E-state index in [1.165, 1.54) is 0 Å². The fourth-order valence-electron chi connectivity index (χ4n) is 1.62. The van der Waals surface area contributed by atoms with Crippen LogP contribution in [0.2, 0.25) is 36.3 Å². The minimum absolute atomic E-state index is 0. The van der Waals surface area contributed by atoms with E-state index in [-0.39, 0.29) is 36.0 Å². The molecule has 0 atom stereocenters. The van der Waals surface area contributed by atoms with Crippen LogP contribution in [0.1, 0.15) is 50.0 Å². The van der Waals surface area contributed by atoms with E-state index in [9.17, 15) is 0 Å². The normalized spacial score (nSPS) is 12.8. The number of rotatable bonds is 4. The minimum atomic E-state index is -1.97. The molecule has 0 spiro atoms. The molecule has 0 saturated heterocycles. The molecule has 138 valence electrons. The van der Waals surface area contributed by atoms with Crippen LogP contribution in [0, 0.1) is 12.3 Å². The third-order valence-corrected chi connectivity index (χ3v) is 14.1. The van der Waals surface area contributed by atoms with Gasteiger partial charge in [0.1, 0.15) is 11.5 Å². The largest absolute Gasteiger partial charge is 2.00 e. The molecule has 0 heterocycles. The van der Waals surface area contributed by atoms with Gasteiger partial charge in [0, 0.05) is 5.56 Å². The first kappa shape index (κ1) is 24.6. The van der Waals surface area contributed by atoms with E-state index in [2.05, 4.69) is 73.7 Å². The molecule has 0 N–H and O–H groups in total. The van der Waals surface area contributed by atoms with Crippen molar-refractivity contribution >= 4 is 39.7 Å². The van der Waals surface area contributed by atoms with Gasteiger partial charge in [0.25, 0.3) is 16.6 Å². The zero-order chi connectivity index (χ0) is 19.0. The fourth-order valence-corrected chi connectivity index (χ4v) is 3.66. The van der Waals surface area contributed by atoms with Gasteiger partial charge in [-0.15, -0.1) is 6.42 Å². The Balaban J connectivity index is -0.00000192. The maximum Gasteiger partial charge on any atom is 2.00 e. The first-order chi connectivity index (χ1) is 10.6. The maximum absolute atomic E-state index is 6.54. The molecule has 0 aliphatic carbocycles. The van der Waals surface area contributed by atoms with Gasteiger partial charge < -0.3 is 11.7 Å². The second-order valence-electron chi connectivity index (χ2n) is 9.53. The predicted molar refractivity (Wildman–Crippen MR) is 118 cm³/mol. The van der Waals surface area contributed by atoms with E-state index < -0.39 is 16.6 Å². The van der Waals surface area contributed by atoms with Crippen molar-refractivity contribution in [2.75, 3.05) is 0 Å². The molecular weight excluding hydrogens is 353 g/mol. The molecule has 0 fully saturated rings. The van der Waals surface area contributed by atoms with E-state index >= 15 is 0 Å². The second kappa shape index (κ2) is 8.08. The molecule has 0 unspecified atom stereocenters. The van der Waals surface area contributed by atoms with Crippen molar-refractivity contribution < 1.29 is 11.7 Å². The van der Waals surface area contributed by atoms with Crippen molar-refractivity contribution in [3.05, 3.63) is 23.8 Å². The Morgan fingerprint density at radius 1 is 0.840 bits per heavy atom. The molecule has 25 heavy (non-hydrogen) atoms. The number of hydrogen-bond acceptors (Lipinski definition) is 2. The van der Waals surface area contributed by atoms with Crippen molar-refractivity contribution in [2.45, 2.75) is 77.8 Å². The van der Waals surface area contributed by atoms with Crippen LogP contribution >= 0.6 is 0 Å². The standard InChI is InChI=1S/C20H34O2Si2.Mg.2H/c1-12-16-13-14-17(21-23(8,9)19(2,3)4)18(15-16)22-24(10,11)20(5,6)7;;;/h1,13-15H,2-11H3;;;/q;+2;2*-1. The Morgan fingerprint density at radius 3 is 1.60 bits per heavy atom. The number of terminal acetylenes is 1. The first-order valence-electron chi connectivity index (χ1n) is 8.59. The van der Waals surface area contributed by atoms with Gasteiger partial charge in [-0.1, -0.05) is 47.5 Å². The summed E-state index contributed by atoms with van der Waals surface area (Å²) in [4.78, 5) is 0. The maximum atomic E-state index is 6.54. The first-order valence-corrected chi connectivity index (χ1v) is 14.4. The summed E-state index contributed by atoms with van der Waals surface area (Å²) in [6.45, 7) is 22.4. The summed E-state index contributed by atoms with van der Waals surface area (Å²) in [5.41, 5.74) is 0.825. The topological polar surface area (TPSA) is 18.5 Å². The quantitative estimate of drug-likeness (QED) is 0.446. The molecular formula is C20H36MgO2Si2.